The highest BCUT2D eigenvalue weighted by molar-refractivity contribution is 5.73. The molecule has 0 spiro atoms. The minimum absolute atomic E-state index is 0.000244. The maximum atomic E-state index is 11.9. The number of hydrogen-bond donors (Lipinski definition) is 1. The van der Waals surface area contributed by atoms with Gasteiger partial charge in [0.2, 0.25) is 5.91 Å². The fourth-order valence-corrected chi connectivity index (χ4v) is 4.27. The highest BCUT2D eigenvalue weighted by Crippen LogP contribution is 2.40. The summed E-state index contributed by atoms with van der Waals surface area (Å²) in [6, 6.07) is 13.0. The number of fused-ring (bicyclic) bond motifs is 1. The summed E-state index contributed by atoms with van der Waals surface area (Å²) < 4.78 is 11.1. The van der Waals surface area contributed by atoms with Gasteiger partial charge >= 0.3 is 0 Å². The number of nitrogens with zero attached hydrogens (tertiary/aromatic N) is 1. The predicted molar refractivity (Wildman–Crippen MR) is 115 cm³/mol. The van der Waals surface area contributed by atoms with Crippen molar-refractivity contribution in [3.05, 3.63) is 58.7 Å². The van der Waals surface area contributed by atoms with E-state index >= 15 is 0 Å². The van der Waals surface area contributed by atoms with Gasteiger partial charge in [-0.25, -0.2) is 0 Å². The third-order valence-corrected chi connectivity index (χ3v) is 5.74. The van der Waals surface area contributed by atoms with E-state index < -0.39 is 0 Å². The van der Waals surface area contributed by atoms with E-state index in [-0.39, 0.29) is 18.0 Å². The maximum Gasteiger partial charge on any atom is 0.217 e. The van der Waals surface area contributed by atoms with Gasteiger partial charge in [-0.15, -0.1) is 0 Å². The Labute approximate surface area is 174 Å². The summed E-state index contributed by atoms with van der Waals surface area (Å²) in [5.41, 5.74) is 5.01. The zero-order chi connectivity index (χ0) is 21.0. The van der Waals surface area contributed by atoms with Crippen molar-refractivity contribution >= 4 is 5.91 Å². The molecule has 0 aliphatic carbocycles. The molecule has 2 atom stereocenters. The second kappa shape index (κ2) is 9.31. The lowest BCUT2D eigenvalue weighted by molar-refractivity contribution is -0.120. The van der Waals surface area contributed by atoms with Crippen LogP contribution in [0.15, 0.2) is 36.4 Å². The van der Waals surface area contributed by atoms with Crippen LogP contribution < -0.4 is 14.8 Å². The lowest BCUT2D eigenvalue weighted by Gasteiger charge is -2.42. The zero-order valence-corrected chi connectivity index (χ0v) is 18.1. The first-order valence-electron chi connectivity index (χ1n) is 10.3. The van der Waals surface area contributed by atoms with Crippen LogP contribution >= 0.6 is 0 Å². The highest BCUT2D eigenvalue weighted by atomic mass is 16.5. The third kappa shape index (κ3) is 4.73. The standard InChI is InChI=1S/C24H32N2O3/c1-6-21(25-17(3)27)24-20-14-23(29-5)22(28-4)13-19(20)11-12-26(24)15-18-9-7-16(2)8-10-18/h7-10,13-14,21,24H,6,11-12,15H2,1-5H3,(H,25,27). The first-order valence-corrected chi connectivity index (χ1v) is 10.3. The number of methoxy groups -OCH3 is 2. The van der Waals surface area contributed by atoms with E-state index in [1.54, 1.807) is 21.1 Å². The molecule has 3 rings (SSSR count). The molecule has 1 N–H and O–H groups in total. The van der Waals surface area contributed by atoms with Crippen molar-refractivity contribution in [2.24, 2.45) is 0 Å². The predicted octanol–water partition coefficient (Wildman–Crippen LogP) is 4.03. The summed E-state index contributed by atoms with van der Waals surface area (Å²) >= 11 is 0. The molecule has 0 aromatic heterocycles. The number of carbonyl (C=O) groups is 1. The van der Waals surface area contributed by atoms with Crippen molar-refractivity contribution in [3.8, 4) is 11.5 Å². The largest absolute Gasteiger partial charge is 0.493 e. The Morgan fingerprint density at radius 3 is 2.41 bits per heavy atom. The van der Waals surface area contributed by atoms with Crippen molar-refractivity contribution in [1.82, 2.24) is 10.2 Å². The van der Waals surface area contributed by atoms with Crippen molar-refractivity contribution in [2.75, 3.05) is 20.8 Å². The van der Waals surface area contributed by atoms with Gasteiger partial charge in [0, 0.05) is 26.1 Å². The van der Waals surface area contributed by atoms with Crippen molar-refractivity contribution in [3.63, 3.8) is 0 Å². The lowest BCUT2D eigenvalue weighted by atomic mass is 9.86. The Bertz CT molecular complexity index is 848. The molecule has 5 nitrogen and oxygen atoms in total. The molecule has 1 aliphatic rings. The van der Waals surface area contributed by atoms with Gasteiger partial charge in [0.05, 0.1) is 20.3 Å². The topological polar surface area (TPSA) is 50.8 Å². The van der Waals surface area contributed by atoms with E-state index in [9.17, 15) is 4.79 Å². The van der Waals surface area contributed by atoms with Gasteiger partial charge in [-0.2, -0.15) is 0 Å². The van der Waals surface area contributed by atoms with Crippen LogP contribution in [0.1, 0.15) is 48.6 Å². The molecule has 2 aromatic carbocycles. The monoisotopic (exact) mass is 396 g/mol. The number of hydrogen-bond acceptors (Lipinski definition) is 4. The van der Waals surface area contributed by atoms with Crippen LogP contribution in [0.4, 0.5) is 0 Å². The van der Waals surface area contributed by atoms with E-state index in [4.69, 9.17) is 9.47 Å². The summed E-state index contributed by atoms with van der Waals surface area (Å²) in [7, 11) is 3.33. The molecule has 29 heavy (non-hydrogen) atoms. The Balaban J connectivity index is 2.02. The van der Waals surface area contributed by atoms with Crippen LogP contribution in [0.5, 0.6) is 11.5 Å². The fourth-order valence-electron chi connectivity index (χ4n) is 4.27. The maximum absolute atomic E-state index is 11.9. The Hall–Kier alpha value is -2.53. The number of carbonyl (C=O) groups excluding carboxylic acids is 1. The number of nitrogens with one attached hydrogen (secondary N) is 1. The lowest BCUT2D eigenvalue weighted by Crippen LogP contribution is -2.48. The summed E-state index contributed by atoms with van der Waals surface area (Å²) in [5, 5.41) is 3.18. The quantitative estimate of drug-likeness (QED) is 0.768. The highest BCUT2D eigenvalue weighted by Gasteiger charge is 2.34. The summed E-state index contributed by atoms with van der Waals surface area (Å²) in [6.07, 6.45) is 1.79. The van der Waals surface area contributed by atoms with E-state index in [1.807, 2.05) is 0 Å². The second-order valence-corrected chi connectivity index (χ2v) is 7.77. The molecule has 156 valence electrons. The molecule has 5 heteroatoms. The van der Waals surface area contributed by atoms with Crippen LogP contribution in [0, 0.1) is 6.92 Å². The number of ether oxygens (including phenoxy) is 2. The molecular formula is C24H32N2O3. The molecule has 1 aliphatic heterocycles. The molecular weight excluding hydrogens is 364 g/mol. The van der Waals surface area contributed by atoms with Gasteiger partial charge < -0.3 is 14.8 Å². The number of benzene rings is 2. The van der Waals surface area contributed by atoms with E-state index in [2.05, 4.69) is 60.5 Å². The normalized spacial score (nSPS) is 17.3. The summed E-state index contributed by atoms with van der Waals surface area (Å²) in [6.45, 7) is 7.59. The SMILES string of the molecule is CCC(NC(C)=O)C1c2cc(OC)c(OC)cc2CCN1Cc1ccc(C)cc1. The average Bonchev–Trinajstić information content (AvgIpc) is 2.72. The van der Waals surface area contributed by atoms with Gasteiger partial charge in [0.25, 0.3) is 0 Å². The van der Waals surface area contributed by atoms with E-state index in [0.29, 0.717) is 0 Å². The van der Waals surface area contributed by atoms with Crippen molar-refractivity contribution in [2.45, 2.75) is 52.2 Å². The van der Waals surface area contributed by atoms with Crippen LogP contribution in [0.2, 0.25) is 0 Å². The first-order chi connectivity index (χ1) is 14.0. The van der Waals surface area contributed by atoms with Crippen LogP contribution in [0.25, 0.3) is 0 Å². The van der Waals surface area contributed by atoms with Crippen LogP contribution in [-0.4, -0.2) is 37.6 Å². The molecule has 0 saturated heterocycles. The zero-order valence-electron chi connectivity index (χ0n) is 18.1. The first kappa shape index (κ1) is 21.2. The Kier molecular flexibility index (Phi) is 6.80. The number of rotatable bonds is 7. The fraction of sp³-hybridized carbons (Fsp3) is 0.458. The number of amides is 1. The van der Waals surface area contributed by atoms with Crippen LogP contribution in [-0.2, 0) is 17.8 Å². The van der Waals surface area contributed by atoms with Gasteiger partial charge in [-0.1, -0.05) is 36.8 Å². The minimum atomic E-state index is -0.000244. The molecule has 2 unspecified atom stereocenters. The second-order valence-electron chi connectivity index (χ2n) is 7.77. The molecule has 0 saturated carbocycles. The van der Waals surface area contributed by atoms with Crippen molar-refractivity contribution in [1.29, 1.82) is 0 Å². The third-order valence-electron chi connectivity index (χ3n) is 5.74. The average molecular weight is 397 g/mol. The number of aryl methyl sites for hydroxylation is 1. The Morgan fingerprint density at radius 2 is 1.83 bits per heavy atom. The van der Waals surface area contributed by atoms with Gasteiger partial charge in [0.1, 0.15) is 0 Å². The molecule has 0 radical (unpaired) electrons. The van der Waals surface area contributed by atoms with Crippen LogP contribution in [0.3, 0.4) is 0 Å². The molecule has 1 amide bonds. The smallest absolute Gasteiger partial charge is 0.217 e. The molecule has 0 fully saturated rings. The van der Waals surface area contributed by atoms with Gasteiger partial charge in [0.15, 0.2) is 11.5 Å². The van der Waals surface area contributed by atoms with Gasteiger partial charge in [-0.3, -0.25) is 9.69 Å². The molecule has 1 heterocycles. The molecule has 0 bridgehead atoms. The van der Waals surface area contributed by atoms with E-state index in [1.165, 1.54) is 22.3 Å². The minimum Gasteiger partial charge on any atom is -0.493 e. The summed E-state index contributed by atoms with van der Waals surface area (Å²) in [4.78, 5) is 14.4. The van der Waals surface area contributed by atoms with Gasteiger partial charge in [-0.05, 0) is 48.6 Å². The van der Waals surface area contributed by atoms with Crippen molar-refractivity contribution < 1.29 is 14.3 Å². The molecule has 2 aromatic rings. The Morgan fingerprint density at radius 1 is 1.17 bits per heavy atom. The van der Waals surface area contributed by atoms with E-state index in [0.717, 1.165) is 37.4 Å². The summed E-state index contributed by atoms with van der Waals surface area (Å²) in [5.74, 6) is 1.48.